The first-order valence-electron chi connectivity index (χ1n) is 5.46. The van der Waals surface area contributed by atoms with Crippen LogP contribution in [-0.4, -0.2) is 35.9 Å². The van der Waals surface area contributed by atoms with Crippen molar-refractivity contribution in [2.75, 3.05) is 18.5 Å². The van der Waals surface area contributed by atoms with Gasteiger partial charge < -0.3 is 15.1 Å². The molecule has 0 heterocycles. The number of aliphatic hydroxyl groups excluding tert-OH is 1. The molecule has 4 nitrogen and oxygen atoms in total. The summed E-state index contributed by atoms with van der Waals surface area (Å²) in [6, 6.07) is 2.51. The van der Waals surface area contributed by atoms with Crippen molar-refractivity contribution in [2.45, 2.75) is 19.2 Å². The predicted molar refractivity (Wildman–Crippen MR) is 63.4 cm³/mol. The van der Waals surface area contributed by atoms with Gasteiger partial charge in [-0.3, -0.25) is 0 Å². The zero-order valence-electron chi connectivity index (χ0n) is 10.4. The van der Waals surface area contributed by atoms with Crippen LogP contribution in [0.2, 0.25) is 0 Å². The molecule has 2 N–H and O–H groups in total. The molecule has 0 bridgehead atoms. The molecule has 1 aromatic rings. The molecule has 0 amide bonds. The first-order valence-corrected chi connectivity index (χ1v) is 5.46. The van der Waals surface area contributed by atoms with Crippen molar-refractivity contribution < 1.29 is 28.2 Å². The van der Waals surface area contributed by atoms with Gasteiger partial charge in [-0.1, -0.05) is 0 Å². The van der Waals surface area contributed by atoms with E-state index in [2.05, 4.69) is 0 Å². The topological polar surface area (TPSA) is 60.8 Å². The molecule has 7 heteroatoms. The van der Waals surface area contributed by atoms with Gasteiger partial charge in [-0.05, 0) is 25.1 Å². The van der Waals surface area contributed by atoms with Crippen molar-refractivity contribution >= 4 is 11.7 Å². The molecule has 0 saturated heterocycles. The molecule has 1 aromatic carbocycles. The van der Waals surface area contributed by atoms with Crippen molar-refractivity contribution in [3.05, 3.63) is 29.3 Å². The van der Waals surface area contributed by atoms with E-state index in [1.807, 2.05) is 0 Å². The highest BCUT2D eigenvalue weighted by Crippen LogP contribution is 2.32. The fourth-order valence-corrected chi connectivity index (χ4v) is 1.71. The Bertz CT molecular complexity index is 472. The maximum atomic E-state index is 12.5. The number of nitrogens with zero attached hydrogens (tertiary/aromatic N) is 1. The molecular weight excluding hydrogens is 263 g/mol. The normalized spacial score (nSPS) is 13.2. The Morgan fingerprint density at radius 2 is 2.00 bits per heavy atom. The number of hydrogen-bond donors (Lipinski definition) is 2. The fourth-order valence-electron chi connectivity index (χ4n) is 1.71. The molecule has 0 aromatic heterocycles. The van der Waals surface area contributed by atoms with Gasteiger partial charge in [0.25, 0.3) is 0 Å². The summed E-state index contributed by atoms with van der Waals surface area (Å²) < 4.78 is 37.6. The van der Waals surface area contributed by atoms with E-state index in [9.17, 15) is 23.1 Å². The second kappa shape index (κ2) is 5.48. The molecule has 0 aliphatic heterocycles. The summed E-state index contributed by atoms with van der Waals surface area (Å²) in [5.41, 5.74) is -1.33. The summed E-state index contributed by atoms with van der Waals surface area (Å²) in [5, 5.41) is 18.2. The van der Waals surface area contributed by atoms with Crippen molar-refractivity contribution in [3.8, 4) is 0 Å². The highest BCUT2D eigenvalue weighted by Gasteiger charge is 2.32. The maximum Gasteiger partial charge on any atom is 0.416 e. The smallest absolute Gasteiger partial charge is 0.416 e. The Labute approximate surface area is 108 Å². The number of hydrogen-bond acceptors (Lipinski definition) is 3. The number of halogens is 3. The molecule has 1 unspecified atom stereocenters. The monoisotopic (exact) mass is 277 g/mol. The van der Waals surface area contributed by atoms with Crippen molar-refractivity contribution in [3.63, 3.8) is 0 Å². The Hall–Kier alpha value is -1.76. The van der Waals surface area contributed by atoms with Crippen LogP contribution in [0.15, 0.2) is 18.2 Å². The van der Waals surface area contributed by atoms with Gasteiger partial charge in [-0.25, -0.2) is 4.79 Å². The summed E-state index contributed by atoms with van der Waals surface area (Å²) in [4.78, 5) is 12.4. The number of alkyl halides is 3. The van der Waals surface area contributed by atoms with E-state index in [1.54, 1.807) is 0 Å². The van der Waals surface area contributed by atoms with Crippen LogP contribution >= 0.6 is 0 Å². The summed E-state index contributed by atoms with van der Waals surface area (Å²) >= 11 is 0. The third-order valence-electron chi connectivity index (χ3n) is 2.50. The number of rotatable bonds is 4. The minimum atomic E-state index is -4.59. The largest absolute Gasteiger partial charge is 0.478 e. The third-order valence-corrected chi connectivity index (χ3v) is 2.50. The van der Waals surface area contributed by atoms with E-state index in [0.29, 0.717) is 6.07 Å². The van der Waals surface area contributed by atoms with Gasteiger partial charge in [0.2, 0.25) is 0 Å². The van der Waals surface area contributed by atoms with Crippen LogP contribution < -0.4 is 4.90 Å². The highest BCUT2D eigenvalue weighted by atomic mass is 19.4. The van der Waals surface area contributed by atoms with Gasteiger partial charge in [0.15, 0.2) is 0 Å². The third kappa shape index (κ3) is 3.85. The molecule has 106 valence electrons. The Balaban J connectivity index is 3.23. The van der Waals surface area contributed by atoms with Crippen molar-refractivity contribution in [1.29, 1.82) is 0 Å². The number of likely N-dealkylation sites (N-methyl/N-ethyl adjacent to an activating group) is 1. The zero-order valence-corrected chi connectivity index (χ0v) is 10.4. The van der Waals surface area contributed by atoms with Crippen LogP contribution in [0.1, 0.15) is 22.8 Å². The number of carboxylic acids is 1. The minimum absolute atomic E-state index is 0.117. The molecule has 0 radical (unpaired) electrons. The van der Waals surface area contributed by atoms with Gasteiger partial charge in [-0.15, -0.1) is 0 Å². The molecular formula is C12H14F3NO3. The Morgan fingerprint density at radius 1 is 1.42 bits per heavy atom. The average Bonchev–Trinajstić information content (AvgIpc) is 2.25. The average molecular weight is 277 g/mol. The Kier molecular flexibility index (Phi) is 4.41. The highest BCUT2D eigenvalue weighted by molar-refractivity contribution is 5.94. The van der Waals surface area contributed by atoms with E-state index >= 15 is 0 Å². The lowest BCUT2D eigenvalue weighted by Gasteiger charge is -2.23. The number of carbonyl (C=O) groups is 1. The molecule has 1 rings (SSSR count). The molecule has 19 heavy (non-hydrogen) atoms. The first kappa shape index (κ1) is 15.3. The molecule has 0 spiro atoms. The number of anilines is 1. The summed E-state index contributed by atoms with van der Waals surface area (Å²) in [5.74, 6) is -1.45. The predicted octanol–water partition coefficient (Wildman–Crippen LogP) is 2.22. The van der Waals surface area contributed by atoms with E-state index < -0.39 is 29.4 Å². The summed E-state index contributed by atoms with van der Waals surface area (Å²) in [7, 11) is 1.50. The van der Waals surface area contributed by atoms with Crippen LogP contribution in [0.3, 0.4) is 0 Å². The standard InChI is InChI=1S/C12H14F3NO3/c1-7(17)6-16(2)10-4-3-8(12(13,14)15)5-9(10)11(18)19/h3-5,7,17H,6H2,1-2H3,(H,18,19). The second-order valence-corrected chi connectivity index (χ2v) is 4.26. The maximum absolute atomic E-state index is 12.5. The SMILES string of the molecule is CC(O)CN(C)c1ccc(C(F)(F)F)cc1C(=O)O. The van der Waals surface area contributed by atoms with Gasteiger partial charge >= 0.3 is 12.1 Å². The van der Waals surface area contributed by atoms with Gasteiger partial charge in [0, 0.05) is 13.6 Å². The first-order chi connectivity index (χ1) is 8.62. The van der Waals surface area contributed by atoms with Gasteiger partial charge in [0.05, 0.1) is 22.9 Å². The zero-order chi connectivity index (χ0) is 14.8. The fraction of sp³-hybridized carbons (Fsp3) is 0.417. The quantitative estimate of drug-likeness (QED) is 0.886. The van der Waals surface area contributed by atoms with E-state index in [0.717, 1.165) is 12.1 Å². The van der Waals surface area contributed by atoms with Crippen molar-refractivity contribution in [2.24, 2.45) is 0 Å². The van der Waals surface area contributed by atoms with Crippen LogP contribution in [0.25, 0.3) is 0 Å². The van der Waals surface area contributed by atoms with Crippen LogP contribution in [0.4, 0.5) is 18.9 Å². The lowest BCUT2D eigenvalue weighted by molar-refractivity contribution is -0.137. The van der Waals surface area contributed by atoms with E-state index in [-0.39, 0.29) is 12.2 Å². The Morgan fingerprint density at radius 3 is 2.42 bits per heavy atom. The summed E-state index contributed by atoms with van der Waals surface area (Å²) in [6.45, 7) is 1.62. The van der Waals surface area contributed by atoms with Crippen LogP contribution in [-0.2, 0) is 6.18 Å². The molecule has 0 aliphatic rings. The number of aromatic carboxylic acids is 1. The molecule has 0 saturated carbocycles. The van der Waals surface area contributed by atoms with Crippen LogP contribution in [0, 0.1) is 0 Å². The molecule has 0 fully saturated rings. The number of benzene rings is 1. The second-order valence-electron chi connectivity index (χ2n) is 4.26. The van der Waals surface area contributed by atoms with E-state index in [1.165, 1.54) is 18.9 Å². The van der Waals surface area contributed by atoms with Gasteiger partial charge in [0.1, 0.15) is 0 Å². The lowest BCUT2D eigenvalue weighted by Crippen LogP contribution is -2.28. The molecule has 1 atom stereocenters. The van der Waals surface area contributed by atoms with Gasteiger partial charge in [-0.2, -0.15) is 13.2 Å². The minimum Gasteiger partial charge on any atom is -0.478 e. The number of aliphatic hydroxyl groups is 1. The summed E-state index contributed by atoms with van der Waals surface area (Å²) in [6.07, 6.45) is -5.32. The number of carboxylic acid groups (broad SMARTS) is 1. The van der Waals surface area contributed by atoms with E-state index in [4.69, 9.17) is 5.11 Å². The molecule has 0 aliphatic carbocycles. The van der Waals surface area contributed by atoms with Crippen molar-refractivity contribution in [1.82, 2.24) is 0 Å². The lowest BCUT2D eigenvalue weighted by atomic mass is 10.1. The van der Waals surface area contributed by atoms with Crippen LogP contribution in [0.5, 0.6) is 0 Å².